The van der Waals surface area contributed by atoms with Gasteiger partial charge in [0.05, 0.1) is 14.9 Å². The molecule has 0 radical (unpaired) electrons. The Balaban J connectivity index is 2.39. The zero-order chi connectivity index (χ0) is 14.2. The van der Waals surface area contributed by atoms with Gasteiger partial charge < -0.3 is 0 Å². The summed E-state index contributed by atoms with van der Waals surface area (Å²) < 4.78 is 26.8. The summed E-state index contributed by atoms with van der Waals surface area (Å²) in [6, 6.07) is 4.41. The van der Waals surface area contributed by atoms with Gasteiger partial charge in [0.2, 0.25) is 10.0 Å². The van der Waals surface area contributed by atoms with Crippen LogP contribution >= 0.6 is 39.1 Å². The van der Waals surface area contributed by atoms with Gasteiger partial charge in [0.1, 0.15) is 0 Å². The molecule has 3 nitrogen and oxygen atoms in total. The van der Waals surface area contributed by atoms with Gasteiger partial charge in [0.15, 0.2) is 0 Å². The molecule has 0 aromatic heterocycles. The Bertz CT molecular complexity index is 579. The molecule has 0 bridgehead atoms. The number of halogens is 3. The molecule has 1 saturated heterocycles. The molecule has 0 aliphatic carbocycles. The fourth-order valence-corrected chi connectivity index (χ4v) is 5.58. The molecule has 1 fully saturated rings. The summed E-state index contributed by atoms with van der Waals surface area (Å²) in [6.45, 7) is 2.61. The molecule has 1 heterocycles. The SMILES string of the molecule is CC1CCN(S(=O)(=O)c2ccc(Cl)c(Cl)c2)C1CBr. The van der Waals surface area contributed by atoms with Gasteiger partial charge in [-0.15, -0.1) is 0 Å². The Labute approximate surface area is 132 Å². The summed E-state index contributed by atoms with van der Waals surface area (Å²) in [5.74, 6) is 0.344. The van der Waals surface area contributed by atoms with Crippen LogP contribution in [0.1, 0.15) is 13.3 Å². The van der Waals surface area contributed by atoms with Crippen LogP contribution in [0.25, 0.3) is 0 Å². The van der Waals surface area contributed by atoms with Crippen molar-refractivity contribution in [2.45, 2.75) is 24.3 Å². The molecule has 1 aromatic rings. The first-order valence-electron chi connectivity index (χ1n) is 5.90. The van der Waals surface area contributed by atoms with Crippen molar-refractivity contribution in [3.05, 3.63) is 28.2 Å². The molecular formula is C12H14BrCl2NO2S. The Hall–Kier alpha value is 0.190. The lowest BCUT2D eigenvalue weighted by atomic mass is 10.1. The molecular weight excluding hydrogens is 373 g/mol. The van der Waals surface area contributed by atoms with Gasteiger partial charge >= 0.3 is 0 Å². The molecule has 1 aromatic carbocycles. The highest BCUT2D eigenvalue weighted by atomic mass is 79.9. The smallest absolute Gasteiger partial charge is 0.207 e. The van der Waals surface area contributed by atoms with Crippen molar-refractivity contribution < 1.29 is 8.42 Å². The van der Waals surface area contributed by atoms with E-state index in [-0.39, 0.29) is 16.0 Å². The monoisotopic (exact) mass is 385 g/mol. The van der Waals surface area contributed by atoms with Gasteiger partial charge in [0, 0.05) is 17.9 Å². The average Bonchev–Trinajstić information content (AvgIpc) is 2.74. The second kappa shape index (κ2) is 5.90. The van der Waals surface area contributed by atoms with E-state index in [9.17, 15) is 8.42 Å². The van der Waals surface area contributed by atoms with Crippen LogP contribution in [0, 0.1) is 5.92 Å². The third-order valence-corrected chi connectivity index (χ3v) is 6.81. The summed E-state index contributed by atoms with van der Waals surface area (Å²) in [7, 11) is -3.51. The Morgan fingerprint density at radius 3 is 2.63 bits per heavy atom. The van der Waals surface area contributed by atoms with Gasteiger partial charge in [-0.3, -0.25) is 0 Å². The molecule has 106 valence electrons. The van der Waals surface area contributed by atoms with E-state index in [0.29, 0.717) is 22.8 Å². The average molecular weight is 387 g/mol. The van der Waals surface area contributed by atoms with E-state index in [0.717, 1.165) is 6.42 Å². The Kier molecular flexibility index (Phi) is 4.83. The van der Waals surface area contributed by atoms with Crippen LogP contribution in [0.15, 0.2) is 23.1 Å². The summed E-state index contributed by atoms with van der Waals surface area (Å²) in [5, 5.41) is 1.24. The number of hydrogen-bond donors (Lipinski definition) is 0. The van der Waals surface area contributed by atoms with Gasteiger partial charge in [0.25, 0.3) is 0 Å². The van der Waals surface area contributed by atoms with Crippen molar-refractivity contribution in [2.24, 2.45) is 5.92 Å². The normalized spacial score (nSPS) is 24.8. The molecule has 2 atom stereocenters. The van der Waals surface area contributed by atoms with Crippen molar-refractivity contribution in [1.82, 2.24) is 4.31 Å². The van der Waals surface area contributed by atoms with Gasteiger partial charge in [-0.2, -0.15) is 4.31 Å². The molecule has 0 spiro atoms. The highest BCUT2D eigenvalue weighted by Gasteiger charge is 2.38. The molecule has 0 saturated carbocycles. The number of nitrogens with zero attached hydrogens (tertiary/aromatic N) is 1. The van der Waals surface area contributed by atoms with E-state index in [1.807, 2.05) is 0 Å². The molecule has 1 aliphatic rings. The van der Waals surface area contributed by atoms with Crippen molar-refractivity contribution in [1.29, 1.82) is 0 Å². The van der Waals surface area contributed by atoms with E-state index in [1.54, 1.807) is 4.31 Å². The van der Waals surface area contributed by atoms with Crippen LogP contribution in [0.3, 0.4) is 0 Å². The summed E-state index contributed by atoms with van der Waals surface area (Å²) in [4.78, 5) is 0.196. The predicted molar refractivity (Wildman–Crippen MR) is 81.7 cm³/mol. The van der Waals surface area contributed by atoms with Crippen LogP contribution < -0.4 is 0 Å². The number of benzene rings is 1. The first-order valence-corrected chi connectivity index (χ1v) is 9.22. The van der Waals surface area contributed by atoms with Gasteiger partial charge in [-0.1, -0.05) is 46.1 Å². The van der Waals surface area contributed by atoms with Crippen LogP contribution in [-0.4, -0.2) is 30.6 Å². The van der Waals surface area contributed by atoms with E-state index in [4.69, 9.17) is 23.2 Å². The van der Waals surface area contributed by atoms with Crippen LogP contribution in [0.2, 0.25) is 10.0 Å². The van der Waals surface area contributed by atoms with Crippen LogP contribution in [0.4, 0.5) is 0 Å². The molecule has 0 N–H and O–H groups in total. The van der Waals surface area contributed by atoms with Crippen LogP contribution in [0.5, 0.6) is 0 Å². The summed E-state index contributed by atoms with van der Waals surface area (Å²) in [6.07, 6.45) is 0.872. The van der Waals surface area contributed by atoms with Crippen molar-refractivity contribution in [3.8, 4) is 0 Å². The Morgan fingerprint density at radius 2 is 2.05 bits per heavy atom. The molecule has 2 rings (SSSR count). The third kappa shape index (κ3) is 2.95. The van der Waals surface area contributed by atoms with Crippen LogP contribution in [-0.2, 0) is 10.0 Å². The predicted octanol–water partition coefficient (Wildman–Crippen LogP) is 3.79. The van der Waals surface area contributed by atoms with E-state index >= 15 is 0 Å². The number of sulfonamides is 1. The summed E-state index contributed by atoms with van der Waals surface area (Å²) >= 11 is 15.1. The maximum absolute atomic E-state index is 12.6. The maximum atomic E-state index is 12.6. The highest BCUT2D eigenvalue weighted by molar-refractivity contribution is 9.09. The fourth-order valence-electron chi connectivity index (χ4n) is 2.27. The first kappa shape index (κ1) is 15.6. The number of hydrogen-bond acceptors (Lipinski definition) is 2. The first-order chi connectivity index (χ1) is 8.87. The minimum absolute atomic E-state index is 0.0144. The Morgan fingerprint density at radius 1 is 1.37 bits per heavy atom. The second-order valence-corrected chi connectivity index (χ2v) is 8.03. The lowest BCUT2D eigenvalue weighted by Gasteiger charge is -2.24. The maximum Gasteiger partial charge on any atom is 0.243 e. The summed E-state index contributed by atoms with van der Waals surface area (Å²) in [5.41, 5.74) is 0. The molecule has 19 heavy (non-hydrogen) atoms. The number of alkyl halides is 1. The molecule has 1 aliphatic heterocycles. The topological polar surface area (TPSA) is 37.4 Å². The zero-order valence-corrected chi connectivity index (χ0v) is 14.2. The van der Waals surface area contributed by atoms with Crippen molar-refractivity contribution in [2.75, 3.05) is 11.9 Å². The molecule has 0 amide bonds. The third-order valence-electron chi connectivity index (χ3n) is 3.49. The van der Waals surface area contributed by atoms with Crippen molar-refractivity contribution >= 4 is 49.2 Å². The molecule has 2 unspecified atom stereocenters. The van der Waals surface area contributed by atoms with Gasteiger partial charge in [-0.05, 0) is 30.5 Å². The van der Waals surface area contributed by atoms with E-state index in [2.05, 4.69) is 22.9 Å². The quantitative estimate of drug-likeness (QED) is 0.741. The highest BCUT2D eigenvalue weighted by Crippen LogP contribution is 2.33. The van der Waals surface area contributed by atoms with E-state index in [1.165, 1.54) is 18.2 Å². The molecule has 7 heteroatoms. The van der Waals surface area contributed by atoms with Crippen molar-refractivity contribution in [3.63, 3.8) is 0 Å². The lowest BCUT2D eigenvalue weighted by molar-refractivity contribution is 0.378. The standard InChI is InChI=1S/C12H14BrCl2NO2S/c1-8-4-5-16(12(8)7-13)19(17,18)9-2-3-10(14)11(15)6-9/h2-3,6,8,12H,4-5,7H2,1H3. The second-order valence-electron chi connectivity index (χ2n) is 4.68. The fraction of sp³-hybridized carbons (Fsp3) is 0.500. The lowest BCUT2D eigenvalue weighted by Crippen LogP contribution is -2.38. The largest absolute Gasteiger partial charge is 0.243 e. The van der Waals surface area contributed by atoms with E-state index < -0.39 is 10.0 Å². The minimum Gasteiger partial charge on any atom is -0.207 e. The van der Waals surface area contributed by atoms with Gasteiger partial charge in [-0.25, -0.2) is 8.42 Å². The number of rotatable bonds is 3. The minimum atomic E-state index is -3.51. The zero-order valence-electron chi connectivity index (χ0n) is 10.3.